The van der Waals surface area contributed by atoms with E-state index in [9.17, 15) is 4.79 Å². The quantitative estimate of drug-likeness (QED) is 0.761. The zero-order chi connectivity index (χ0) is 18.8. The second-order valence-electron chi connectivity index (χ2n) is 5.85. The van der Waals surface area contributed by atoms with Gasteiger partial charge in [-0.2, -0.15) is 0 Å². The lowest BCUT2D eigenvalue weighted by Gasteiger charge is -2.14. The van der Waals surface area contributed by atoms with Crippen LogP contribution in [0.25, 0.3) is 5.65 Å². The molecule has 0 aliphatic heterocycles. The minimum absolute atomic E-state index is 0.270. The number of anilines is 1. The molecule has 0 fully saturated rings. The molecule has 7 nitrogen and oxygen atoms in total. The Labute approximate surface area is 151 Å². The van der Waals surface area contributed by atoms with Crippen LogP contribution in [0.5, 0.6) is 17.2 Å². The van der Waals surface area contributed by atoms with Gasteiger partial charge in [-0.15, -0.1) is 0 Å². The zero-order valence-corrected chi connectivity index (χ0v) is 15.4. The molecule has 0 saturated heterocycles. The molecule has 1 N–H and O–H groups in total. The maximum Gasteiger partial charge on any atom is 0.274 e. The van der Waals surface area contributed by atoms with Gasteiger partial charge in [-0.1, -0.05) is 0 Å². The first-order valence-electron chi connectivity index (χ1n) is 8.05. The molecule has 0 bridgehead atoms. The number of hydrogen-bond acceptors (Lipinski definition) is 5. The highest BCUT2D eigenvalue weighted by Gasteiger charge is 2.19. The highest BCUT2D eigenvalue weighted by molar-refractivity contribution is 6.04. The van der Waals surface area contributed by atoms with Gasteiger partial charge in [0.25, 0.3) is 5.91 Å². The van der Waals surface area contributed by atoms with Gasteiger partial charge in [0.2, 0.25) is 5.75 Å². The number of carbonyl (C=O) groups is 1. The van der Waals surface area contributed by atoms with E-state index in [0.29, 0.717) is 34.3 Å². The predicted molar refractivity (Wildman–Crippen MR) is 98.7 cm³/mol. The molecule has 136 valence electrons. The summed E-state index contributed by atoms with van der Waals surface area (Å²) in [5.41, 5.74) is 3.48. The average Bonchev–Trinajstić information content (AvgIpc) is 2.95. The van der Waals surface area contributed by atoms with Crippen molar-refractivity contribution in [2.45, 2.75) is 13.8 Å². The topological polar surface area (TPSA) is 74.1 Å². The smallest absolute Gasteiger partial charge is 0.274 e. The third-order valence-electron chi connectivity index (χ3n) is 4.09. The van der Waals surface area contributed by atoms with E-state index in [1.165, 1.54) is 21.3 Å². The van der Waals surface area contributed by atoms with Crippen LogP contribution < -0.4 is 19.5 Å². The Balaban J connectivity index is 1.99. The standard InChI is InChI=1S/C19H21N3O4/c1-11-6-7-22-16(8-11)20-12(2)17(22)19(23)21-13-9-14(24-3)18(26-5)15(10-13)25-4/h6-10H,1-5H3,(H,21,23). The number of fused-ring (bicyclic) bond motifs is 1. The van der Waals surface area contributed by atoms with Gasteiger partial charge in [0, 0.05) is 24.0 Å². The number of nitrogens with zero attached hydrogens (tertiary/aromatic N) is 2. The summed E-state index contributed by atoms with van der Waals surface area (Å²) in [5.74, 6) is 1.13. The van der Waals surface area contributed by atoms with Crippen LogP contribution in [0.15, 0.2) is 30.5 Å². The van der Waals surface area contributed by atoms with E-state index in [1.807, 2.05) is 32.2 Å². The molecule has 2 aromatic heterocycles. The first-order valence-corrected chi connectivity index (χ1v) is 8.05. The van der Waals surface area contributed by atoms with Gasteiger partial charge in [0.05, 0.1) is 27.0 Å². The van der Waals surface area contributed by atoms with Crippen molar-refractivity contribution in [3.8, 4) is 17.2 Å². The minimum Gasteiger partial charge on any atom is -0.493 e. The van der Waals surface area contributed by atoms with Gasteiger partial charge < -0.3 is 19.5 Å². The normalized spacial score (nSPS) is 10.7. The third kappa shape index (κ3) is 3.03. The molecule has 26 heavy (non-hydrogen) atoms. The van der Waals surface area contributed by atoms with Crippen molar-refractivity contribution in [1.29, 1.82) is 0 Å². The highest BCUT2D eigenvalue weighted by atomic mass is 16.5. The molecule has 7 heteroatoms. The minimum atomic E-state index is -0.270. The Morgan fingerprint density at radius 3 is 2.27 bits per heavy atom. The third-order valence-corrected chi connectivity index (χ3v) is 4.09. The van der Waals surface area contributed by atoms with Gasteiger partial charge in [0.1, 0.15) is 11.3 Å². The summed E-state index contributed by atoms with van der Waals surface area (Å²) < 4.78 is 17.7. The number of hydrogen-bond donors (Lipinski definition) is 1. The monoisotopic (exact) mass is 355 g/mol. The lowest BCUT2D eigenvalue weighted by molar-refractivity contribution is 0.102. The fourth-order valence-corrected chi connectivity index (χ4v) is 2.88. The number of aromatic nitrogens is 2. The van der Waals surface area contributed by atoms with Gasteiger partial charge in [-0.25, -0.2) is 4.98 Å². The maximum atomic E-state index is 12.9. The molecule has 2 heterocycles. The summed E-state index contributed by atoms with van der Waals surface area (Å²) >= 11 is 0. The Hall–Kier alpha value is -3.22. The number of benzene rings is 1. The van der Waals surface area contributed by atoms with Gasteiger partial charge >= 0.3 is 0 Å². The molecule has 0 spiro atoms. The first-order chi connectivity index (χ1) is 12.5. The molecule has 3 aromatic rings. The Morgan fingerprint density at radius 1 is 1.04 bits per heavy atom. The fraction of sp³-hybridized carbons (Fsp3) is 0.263. The number of nitrogens with one attached hydrogen (secondary N) is 1. The fourth-order valence-electron chi connectivity index (χ4n) is 2.88. The molecular weight excluding hydrogens is 334 g/mol. The lowest BCUT2D eigenvalue weighted by atomic mass is 10.2. The van der Waals surface area contributed by atoms with E-state index in [0.717, 1.165) is 11.2 Å². The molecular formula is C19H21N3O4. The van der Waals surface area contributed by atoms with E-state index in [4.69, 9.17) is 14.2 Å². The summed E-state index contributed by atoms with van der Waals surface area (Å²) in [5, 5.41) is 2.88. The zero-order valence-electron chi connectivity index (χ0n) is 15.4. The number of ether oxygens (including phenoxy) is 3. The van der Waals surface area contributed by atoms with Crippen molar-refractivity contribution < 1.29 is 19.0 Å². The van der Waals surface area contributed by atoms with Gasteiger partial charge in [0.15, 0.2) is 11.5 Å². The van der Waals surface area contributed by atoms with Crippen molar-refractivity contribution in [3.05, 3.63) is 47.4 Å². The lowest BCUT2D eigenvalue weighted by Crippen LogP contribution is -2.16. The number of aryl methyl sites for hydroxylation is 2. The Morgan fingerprint density at radius 2 is 1.69 bits per heavy atom. The molecule has 1 aromatic carbocycles. The van der Waals surface area contributed by atoms with E-state index in [1.54, 1.807) is 16.5 Å². The molecule has 0 unspecified atom stereocenters. The second-order valence-corrected chi connectivity index (χ2v) is 5.85. The maximum absolute atomic E-state index is 12.9. The van der Waals surface area contributed by atoms with E-state index >= 15 is 0 Å². The Kier molecular flexibility index (Phi) is 4.71. The number of rotatable bonds is 5. The Bertz CT molecular complexity index is 953. The van der Waals surface area contributed by atoms with Crippen LogP contribution in [0.2, 0.25) is 0 Å². The largest absolute Gasteiger partial charge is 0.493 e. The first kappa shape index (κ1) is 17.6. The number of amides is 1. The number of methoxy groups -OCH3 is 3. The van der Waals surface area contributed by atoms with E-state index in [2.05, 4.69) is 10.3 Å². The van der Waals surface area contributed by atoms with E-state index in [-0.39, 0.29) is 5.91 Å². The number of pyridine rings is 1. The summed E-state index contributed by atoms with van der Waals surface area (Å²) in [7, 11) is 4.59. The summed E-state index contributed by atoms with van der Waals surface area (Å²) in [4.78, 5) is 17.3. The molecule has 0 aliphatic carbocycles. The van der Waals surface area contributed by atoms with Crippen LogP contribution in [0.1, 0.15) is 21.7 Å². The van der Waals surface area contributed by atoms with E-state index < -0.39 is 0 Å². The van der Waals surface area contributed by atoms with Crippen molar-refractivity contribution in [2.75, 3.05) is 26.6 Å². The summed E-state index contributed by atoms with van der Waals surface area (Å²) in [6.07, 6.45) is 1.84. The van der Waals surface area contributed by atoms with Crippen LogP contribution in [-0.4, -0.2) is 36.6 Å². The average molecular weight is 355 g/mol. The van der Waals surface area contributed by atoms with Crippen molar-refractivity contribution >= 4 is 17.2 Å². The molecule has 0 radical (unpaired) electrons. The molecule has 0 aliphatic rings. The molecule has 0 saturated carbocycles. The van der Waals surface area contributed by atoms with Crippen molar-refractivity contribution in [2.24, 2.45) is 0 Å². The molecule has 3 rings (SSSR count). The van der Waals surface area contributed by atoms with Crippen LogP contribution in [-0.2, 0) is 0 Å². The van der Waals surface area contributed by atoms with Crippen LogP contribution in [0.4, 0.5) is 5.69 Å². The number of carbonyl (C=O) groups excluding carboxylic acids is 1. The van der Waals surface area contributed by atoms with Gasteiger partial charge in [-0.05, 0) is 31.5 Å². The molecule has 1 amide bonds. The summed E-state index contributed by atoms with van der Waals surface area (Å²) in [6, 6.07) is 7.23. The van der Waals surface area contributed by atoms with Crippen LogP contribution in [0.3, 0.4) is 0 Å². The van der Waals surface area contributed by atoms with Crippen molar-refractivity contribution in [1.82, 2.24) is 9.38 Å². The SMILES string of the molecule is COc1cc(NC(=O)c2c(C)nc3cc(C)ccn23)cc(OC)c1OC. The summed E-state index contributed by atoms with van der Waals surface area (Å²) in [6.45, 7) is 3.80. The van der Waals surface area contributed by atoms with Crippen LogP contribution in [0, 0.1) is 13.8 Å². The van der Waals surface area contributed by atoms with Gasteiger partial charge in [-0.3, -0.25) is 9.20 Å². The highest BCUT2D eigenvalue weighted by Crippen LogP contribution is 2.40. The number of imidazole rings is 1. The van der Waals surface area contributed by atoms with Crippen molar-refractivity contribution in [3.63, 3.8) is 0 Å². The molecule has 0 atom stereocenters. The van der Waals surface area contributed by atoms with Crippen LogP contribution >= 0.6 is 0 Å². The predicted octanol–water partition coefficient (Wildman–Crippen LogP) is 3.23. The second kappa shape index (κ2) is 6.95.